The lowest BCUT2D eigenvalue weighted by Crippen LogP contribution is -2.18. The van der Waals surface area contributed by atoms with E-state index in [4.69, 9.17) is 0 Å². The Hall–Kier alpha value is -2.38. The number of hydrogen-bond donors (Lipinski definition) is 2. The Morgan fingerprint density at radius 1 is 0.857 bits per heavy atom. The Kier molecular flexibility index (Phi) is 6.04. The molecule has 0 unspecified atom stereocenters. The summed E-state index contributed by atoms with van der Waals surface area (Å²) < 4.78 is 0. The van der Waals surface area contributed by atoms with Crippen LogP contribution in [0.2, 0.25) is 0 Å². The molecule has 0 aromatic carbocycles. The van der Waals surface area contributed by atoms with E-state index in [1.807, 2.05) is 0 Å². The second-order valence-corrected chi connectivity index (χ2v) is 1.65. The van der Waals surface area contributed by atoms with Crippen LogP contribution in [-0.2, 0) is 28.9 Å². The molecular weight excluding hydrogens is 196 g/mol. The Morgan fingerprint density at radius 3 is 1.50 bits per heavy atom. The minimum absolute atomic E-state index is 0.137. The van der Waals surface area contributed by atoms with Crippen molar-refractivity contribution in [3.63, 3.8) is 0 Å². The molecule has 0 saturated carbocycles. The second-order valence-electron chi connectivity index (χ2n) is 1.65. The molecule has 0 spiro atoms. The van der Waals surface area contributed by atoms with Crippen molar-refractivity contribution in [2.24, 2.45) is 0 Å². The molecule has 2 amide bonds. The topological polar surface area (TPSA) is 111 Å². The first-order valence-corrected chi connectivity index (χ1v) is 3.18. The molecule has 8 heteroatoms. The number of amides is 2. The number of carbonyl (C=O) groups is 4. The van der Waals surface area contributed by atoms with Gasteiger partial charge in [0.05, 0.1) is 0 Å². The van der Waals surface area contributed by atoms with Crippen molar-refractivity contribution in [1.82, 2.24) is 11.0 Å². The number of carbonyl (C=O) groups excluding carboxylic acids is 4. The quantitative estimate of drug-likeness (QED) is 0.291. The third-order valence-electron chi connectivity index (χ3n) is 0.771. The molecular formula is C6H6N2O6. The normalized spacial score (nSPS) is 8.86. The summed E-state index contributed by atoms with van der Waals surface area (Å²) in [5, 5.41) is 0. The predicted molar refractivity (Wildman–Crippen MR) is 39.7 cm³/mol. The van der Waals surface area contributed by atoms with Gasteiger partial charge >= 0.3 is 11.9 Å². The first-order valence-electron chi connectivity index (χ1n) is 3.18. The minimum Gasteiger partial charge on any atom is -0.336 e. The minimum atomic E-state index is -0.972. The van der Waals surface area contributed by atoms with Gasteiger partial charge in [-0.2, -0.15) is 11.0 Å². The third kappa shape index (κ3) is 6.34. The van der Waals surface area contributed by atoms with Crippen molar-refractivity contribution < 1.29 is 28.9 Å². The highest BCUT2D eigenvalue weighted by molar-refractivity contribution is 5.91. The van der Waals surface area contributed by atoms with Gasteiger partial charge in [0, 0.05) is 12.2 Å². The zero-order valence-corrected chi connectivity index (χ0v) is 6.76. The van der Waals surface area contributed by atoms with Crippen molar-refractivity contribution in [1.29, 1.82) is 0 Å². The number of hydroxylamine groups is 2. The first kappa shape index (κ1) is 11.6. The Morgan fingerprint density at radius 2 is 1.21 bits per heavy atom. The van der Waals surface area contributed by atoms with Crippen LogP contribution in [0.15, 0.2) is 12.2 Å². The molecule has 0 radical (unpaired) electrons. The maximum atomic E-state index is 10.6. The summed E-state index contributed by atoms with van der Waals surface area (Å²) in [4.78, 5) is 48.4. The number of nitrogens with one attached hydrogen (secondary N) is 2. The average Bonchev–Trinajstić information content (AvgIpc) is 2.20. The maximum absolute atomic E-state index is 10.6. The molecule has 0 aromatic rings. The molecule has 14 heavy (non-hydrogen) atoms. The van der Waals surface area contributed by atoms with Crippen molar-refractivity contribution in [2.45, 2.75) is 0 Å². The summed E-state index contributed by atoms with van der Waals surface area (Å²) in [6, 6.07) is 0. The lowest BCUT2D eigenvalue weighted by Gasteiger charge is -1.95. The summed E-state index contributed by atoms with van der Waals surface area (Å²) in [7, 11) is 0. The second kappa shape index (κ2) is 7.28. The van der Waals surface area contributed by atoms with Crippen LogP contribution >= 0.6 is 0 Å². The molecule has 0 rings (SSSR count). The lowest BCUT2D eigenvalue weighted by atomic mass is 10.5. The Balaban J connectivity index is 3.78. The van der Waals surface area contributed by atoms with Gasteiger partial charge in [-0.1, -0.05) is 0 Å². The molecule has 0 fully saturated rings. The molecule has 2 N–H and O–H groups in total. The molecule has 0 aliphatic heterocycles. The molecule has 0 aromatic heterocycles. The van der Waals surface area contributed by atoms with Gasteiger partial charge in [0.15, 0.2) is 0 Å². The van der Waals surface area contributed by atoms with Crippen LogP contribution in [0.3, 0.4) is 0 Å². The fourth-order valence-electron chi connectivity index (χ4n) is 0.368. The van der Waals surface area contributed by atoms with Crippen LogP contribution in [0.1, 0.15) is 0 Å². The maximum Gasteiger partial charge on any atom is 0.356 e. The fraction of sp³-hybridized carbons (Fsp3) is 0. The standard InChI is InChI=1S/C6H6N2O6/c9-3-7-13-5(11)1-2-6(12)14-8-4-10/h1-4H,(H,7,9)(H,8,10)/b2-1+. The van der Waals surface area contributed by atoms with Gasteiger partial charge in [-0.15, -0.1) is 0 Å². The van der Waals surface area contributed by atoms with Gasteiger partial charge in [-0.3, -0.25) is 9.59 Å². The van der Waals surface area contributed by atoms with E-state index in [1.54, 1.807) is 11.0 Å². The molecule has 0 aliphatic carbocycles. The molecule has 0 saturated heterocycles. The highest BCUT2D eigenvalue weighted by Crippen LogP contribution is 1.80. The van der Waals surface area contributed by atoms with E-state index in [-0.39, 0.29) is 12.8 Å². The summed E-state index contributed by atoms with van der Waals surface area (Å²) in [6.07, 6.45) is 1.67. The zero-order chi connectivity index (χ0) is 10.8. The first-order chi connectivity index (χ1) is 6.70. The van der Waals surface area contributed by atoms with E-state index in [2.05, 4.69) is 9.68 Å². The molecule has 0 bridgehead atoms. The molecule has 0 heterocycles. The van der Waals surface area contributed by atoms with E-state index >= 15 is 0 Å². The van der Waals surface area contributed by atoms with Crippen LogP contribution < -0.4 is 11.0 Å². The monoisotopic (exact) mass is 202 g/mol. The predicted octanol–water partition coefficient (Wildman–Crippen LogP) is -2.05. The van der Waals surface area contributed by atoms with Crippen molar-refractivity contribution >= 4 is 24.8 Å². The molecule has 0 atom stereocenters. The fourth-order valence-corrected chi connectivity index (χ4v) is 0.368. The third-order valence-corrected chi connectivity index (χ3v) is 0.771. The van der Waals surface area contributed by atoms with E-state index in [9.17, 15) is 19.2 Å². The largest absolute Gasteiger partial charge is 0.356 e. The zero-order valence-electron chi connectivity index (χ0n) is 6.76. The van der Waals surface area contributed by atoms with E-state index in [1.165, 1.54) is 0 Å². The Bertz CT molecular complexity index is 235. The number of hydrogen-bond acceptors (Lipinski definition) is 6. The average molecular weight is 202 g/mol. The van der Waals surface area contributed by atoms with Crippen LogP contribution in [0.4, 0.5) is 0 Å². The smallest absolute Gasteiger partial charge is 0.336 e. The summed E-state index contributed by atoms with van der Waals surface area (Å²) >= 11 is 0. The van der Waals surface area contributed by atoms with E-state index < -0.39 is 11.9 Å². The highest BCUT2D eigenvalue weighted by atomic mass is 16.7. The SMILES string of the molecule is O=CNOC(=O)/C=C/C(=O)ONC=O. The van der Waals surface area contributed by atoms with Crippen LogP contribution in [0.5, 0.6) is 0 Å². The van der Waals surface area contributed by atoms with E-state index in [0.717, 1.165) is 0 Å². The molecule has 76 valence electrons. The van der Waals surface area contributed by atoms with E-state index in [0.29, 0.717) is 12.2 Å². The van der Waals surface area contributed by atoms with Gasteiger partial charge < -0.3 is 9.68 Å². The lowest BCUT2D eigenvalue weighted by molar-refractivity contribution is -0.151. The molecule has 8 nitrogen and oxygen atoms in total. The van der Waals surface area contributed by atoms with Gasteiger partial charge in [-0.25, -0.2) is 9.59 Å². The summed E-state index contributed by atoms with van der Waals surface area (Å²) in [5.74, 6) is -1.94. The van der Waals surface area contributed by atoms with Gasteiger partial charge in [0.2, 0.25) is 12.8 Å². The van der Waals surface area contributed by atoms with Gasteiger partial charge in [0.1, 0.15) is 0 Å². The summed E-state index contributed by atoms with van der Waals surface area (Å²) in [5.41, 5.74) is 3.22. The van der Waals surface area contributed by atoms with Crippen LogP contribution in [-0.4, -0.2) is 24.8 Å². The van der Waals surface area contributed by atoms with Crippen molar-refractivity contribution in [3.05, 3.63) is 12.2 Å². The van der Waals surface area contributed by atoms with Crippen LogP contribution in [0, 0.1) is 0 Å². The van der Waals surface area contributed by atoms with Gasteiger partial charge in [-0.05, 0) is 0 Å². The van der Waals surface area contributed by atoms with Crippen molar-refractivity contribution in [2.75, 3.05) is 0 Å². The highest BCUT2D eigenvalue weighted by Gasteiger charge is 1.99. The van der Waals surface area contributed by atoms with Crippen LogP contribution in [0.25, 0.3) is 0 Å². The number of rotatable bonds is 6. The van der Waals surface area contributed by atoms with Crippen molar-refractivity contribution in [3.8, 4) is 0 Å². The Labute approximate surface area is 77.8 Å². The van der Waals surface area contributed by atoms with Gasteiger partial charge in [0.25, 0.3) is 0 Å². The summed E-state index contributed by atoms with van der Waals surface area (Å²) in [6.45, 7) is 0. The molecule has 0 aliphatic rings.